The van der Waals surface area contributed by atoms with E-state index in [1.807, 2.05) is 0 Å². The fourth-order valence-electron chi connectivity index (χ4n) is 3.16. The molecule has 8 heteroatoms. The van der Waals surface area contributed by atoms with Crippen molar-refractivity contribution in [2.75, 3.05) is 6.54 Å². The Morgan fingerprint density at radius 2 is 1.86 bits per heavy atom. The second-order valence-electron chi connectivity index (χ2n) is 6.77. The van der Waals surface area contributed by atoms with Crippen LogP contribution in [0.25, 0.3) is 0 Å². The summed E-state index contributed by atoms with van der Waals surface area (Å²) in [6.07, 6.45) is 0. The highest BCUT2D eigenvalue weighted by Gasteiger charge is 2.50. The van der Waals surface area contributed by atoms with Crippen molar-refractivity contribution >= 4 is 29.4 Å². The minimum absolute atomic E-state index is 0.342. The van der Waals surface area contributed by atoms with Gasteiger partial charge in [0.1, 0.15) is 17.9 Å². The van der Waals surface area contributed by atoms with Gasteiger partial charge in [0, 0.05) is 10.6 Å². The van der Waals surface area contributed by atoms with E-state index in [0.717, 1.165) is 4.90 Å². The quantitative estimate of drug-likeness (QED) is 0.753. The molecule has 0 unspecified atom stereocenters. The molecule has 28 heavy (non-hydrogen) atoms. The smallest absolute Gasteiger partial charge is 0.325 e. The van der Waals surface area contributed by atoms with E-state index < -0.39 is 36.0 Å². The maximum Gasteiger partial charge on any atom is 0.325 e. The first-order chi connectivity index (χ1) is 13.2. The third-order valence-electron chi connectivity index (χ3n) is 4.74. The SMILES string of the molecule is C[C@H](NC(=O)CN1C(=O)N[C@@](C)(c2ccccc2Cl)C1=O)c1ccc(F)cc1. The Bertz CT molecular complexity index is 935. The van der Waals surface area contributed by atoms with Crippen molar-refractivity contribution in [3.63, 3.8) is 0 Å². The minimum Gasteiger partial charge on any atom is -0.348 e. The molecular weight excluding hydrogens is 385 g/mol. The van der Waals surface area contributed by atoms with E-state index in [9.17, 15) is 18.8 Å². The monoisotopic (exact) mass is 403 g/mol. The Morgan fingerprint density at radius 1 is 1.21 bits per heavy atom. The second kappa shape index (κ2) is 7.59. The van der Waals surface area contributed by atoms with Crippen LogP contribution in [0.2, 0.25) is 5.02 Å². The van der Waals surface area contributed by atoms with Crippen LogP contribution in [0.15, 0.2) is 48.5 Å². The molecule has 2 aromatic carbocycles. The average molecular weight is 404 g/mol. The minimum atomic E-state index is -1.35. The summed E-state index contributed by atoms with van der Waals surface area (Å²) < 4.78 is 13.0. The van der Waals surface area contributed by atoms with Crippen molar-refractivity contribution in [1.29, 1.82) is 0 Å². The molecule has 1 heterocycles. The fourth-order valence-corrected chi connectivity index (χ4v) is 3.48. The summed E-state index contributed by atoms with van der Waals surface area (Å²) in [7, 11) is 0. The number of nitrogens with one attached hydrogen (secondary N) is 2. The number of halogens is 2. The van der Waals surface area contributed by atoms with Crippen LogP contribution < -0.4 is 10.6 Å². The van der Waals surface area contributed by atoms with Crippen molar-refractivity contribution in [1.82, 2.24) is 15.5 Å². The predicted octanol–water partition coefficient (Wildman–Crippen LogP) is 3.12. The third kappa shape index (κ3) is 3.71. The predicted molar refractivity (Wildman–Crippen MR) is 102 cm³/mol. The van der Waals surface area contributed by atoms with E-state index in [-0.39, 0.29) is 5.82 Å². The molecule has 146 valence electrons. The highest BCUT2D eigenvalue weighted by Crippen LogP contribution is 2.33. The standard InChI is InChI=1S/C20H19ClFN3O3/c1-12(13-7-9-14(22)10-8-13)23-17(26)11-25-18(27)20(2,24-19(25)28)15-5-3-4-6-16(15)21/h3-10,12H,11H2,1-2H3,(H,23,26)(H,24,28)/t12-,20-/m0/s1. The Balaban J connectivity index is 1.71. The summed E-state index contributed by atoms with van der Waals surface area (Å²) in [5.41, 5.74) is -0.191. The maximum atomic E-state index is 13.0. The molecule has 2 aromatic rings. The second-order valence-corrected chi connectivity index (χ2v) is 7.17. The van der Waals surface area contributed by atoms with E-state index in [4.69, 9.17) is 11.6 Å². The molecule has 0 bridgehead atoms. The first-order valence-corrected chi connectivity index (χ1v) is 9.04. The molecule has 3 rings (SSSR count). The van der Waals surface area contributed by atoms with Gasteiger partial charge >= 0.3 is 6.03 Å². The zero-order chi connectivity index (χ0) is 20.5. The molecule has 4 amide bonds. The Hall–Kier alpha value is -2.93. The highest BCUT2D eigenvalue weighted by atomic mass is 35.5. The van der Waals surface area contributed by atoms with E-state index in [0.29, 0.717) is 16.1 Å². The average Bonchev–Trinajstić information content (AvgIpc) is 2.86. The topological polar surface area (TPSA) is 78.5 Å². The number of benzene rings is 2. The van der Waals surface area contributed by atoms with E-state index in [1.54, 1.807) is 50.2 Å². The van der Waals surface area contributed by atoms with Crippen molar-refractivity contribution < 1.29 is 18.8 Å². The van der Waals surface area contributed by atoms with Crippen LogP contribution in [0.1, 0.15) is 31.0 Å². The number of nitrogens with zero attached hydrogens (tertiary/aromatic N) is 1. The fraction of sp³-hybridized carbons (Fsp3) is 0.250. The Kier molecular flexibility index (Phi) is 5.38. The molecule has 0 saturated carbocycles. The molecular formula is C20H19ClFN3O3. The molecule has 1 aliphatic heterocycles. The first-order valence-electron chi connectivity index (χ1n) is 8.66. The number of amides is 4. The summed E-state index contributed by atoms with van der Waals surface area (Å²) in [6, 6.07) is 11.3. The van der Waals surface area contributed by atoms with Crippen LogP contribution in [0.5, 0.6) is 0 Å². The van der Waals surface area contributed by atoms with Crippen molar-refractivity contribution in [2.45, 2.75) is 25.4 Å². The molecule has 1 saturated heterocycles. The number of carbonyl (C=O) groups is 3. The Labute approximate surface area is 166 Å². The zero-order valence-corrected chi connectivity index (χ0v) is 16.1. The van der Waals surface area contributed by atoms with Crippen LogP contribution in [-0.4, -0.2) is 29.3 Å². The zero-order valence-electron chi connectivity index (χ0n) is 15.3. The number of imide groups is 1. The van der Waals surface area contributed by atoms with Crippen LogP contribution in [0.3, 0.4) is 0 Å². The molecule has 2 N–H and O–H groups in total. The third-order valence-corrected chi connectivity index (χ3v) is 5.07. The molecule has 0 aromatic heterocycles. The van der Waals surface area contributed by atoms with Gasteiger partial charge in [-0.05, 0) is 37.6 Å². The molecule has 1 fully saturated rings. The number of hydrogen-bond acceptors (Lipinski definition) is 3. The molecule has 0 spiro atoms. The van der Waals surface area contributed by atoms with Gasteiger partial charge in [-0.25, -0.2) is 9.18 Å². The number of carbonyl (C=O) groups excluding carboxylic acids is 3. The van der Waals surface area contributed by atoms with Gasteiger partial charge < -0.3 is 10.6 Å². The summed E-state index contributed by atoms with van der Waals surface area (Å²) >= 11 is 6.18. The lowest BCUT2D eigenvalue weighted by molar-refractivity contribution is -0.135. The Morgan fingerprint density at radius 3 is 2.50 bits per heavy atom. The van der Waals surface area contributed by atoms with Crippen LogP contribution >= 0.6 is 11.6 Å². The first kappa shape index (κ1) is 19.8. The number of hydrogen-bond donors (Lipinski definition) is 2. The van der Waals surface area contributed by atoms with Crippen molar-refractivity contribution in [3.8, 4) is 0 Å². The van der Waals surface area contributed by atoms with Gasteiger partial charge in [0.2, 0.25) is 5.91 Å². The van der Waals surface area contributed by atoms with Gasteiger partial charge in [0.05, 0.1) is 6.04 Å². The molecule has 0 aliphatic carbocycles. The number of rotatable bonds is 5. The van der Waals surface area contributed by atoms with Crippen LogP contribution in [0, 0.1) is 5.82 Å². The summed E-state index contributed by atoms with van der Waals surface area (Å²) in [5.74, 6) is -1.45. The van der Waals surface area contributed by atoms with Crippen molar-refractivity contribution in [3.05, 3.63) is 70.5 Å². The lowest BCUT2D eigenvalue weighted by Crippen LogP contribution is -2.43. The molecule has 2 atom stereocenters. The van der Waals surface area contributed by atoms with E-state index in [2.05, 4.69) is 10.6 Å². The van der Waals surface area contributed by atoms with Gasteiger partial charge in [-0.1, -0.05) is 41.9 Å². The molecule has 0 radical (unpaired) electrons. The van der Waals surface area contributed by atoms with E-state index >= 15 is 0 Å². The van der Waals surface area contributed by atoms with Crippen LogP contribution in [0.4, 0.5) is 9.18 Å². The number of urea groups is 1. The molecule has 1 aliphatic rings. The highest BCUT2D eigenvalue weighted by molar-refractivity contribution is 6.32. The molecule has 6 nitrogen and oxygen atoms in total. The van der Waals surface area contributed by atoms with Crippen molar-refractivity contribution in [2.24, 2.45) is 0 Å². The summed E-state index contributed by atoms with van der Waals surface area (Å²) in [6.45, 7) is 2.84. The van der Waals surface area contributed by atoms with Crippen LogP contribution in [-0.2, 0) is 15.1 Å². The van der Waals surface area contributed by atoms with Gasteiger partial charge in [-0.2, -0.15) is 0 Å². The largest absolute Gasteiger partial charge is 0.348 e. The lowest BCUT2D eigenvalue weighted by atomic mass is 9.92. The summed E-state index contributed by atoms with van der Waals surface area (Å²) in [5, 5.41) is 5.66. The lowest BCUT2D eigenvalue weighted by Gasteiger charge is -2.23. The van der Waals surface area contributed by atoms with Gasteiger partial charge in [-0.3, -0.25) is 14.5 Å². The summed E-state index contributed by atoms with van der Waals surface area (Å²) in [4.78, 5) is 38.5. The normalized spacial score (nSPS) is 20.1. The van der Waals surface area contributed by atoms with Gasteiger partial charge in [-0.15, -0.1) is 0 Å². The van der Waals surface area contributed by atoms with Gasteiger partial charge in [0.25, 0.3) is 5.91 Å². The van der Waals surface area contributed by atoms with E-state index in [1.165, 1.54) is 12.1 Å². The maximum absolute atomic E-state index is 13.0. The van der Waals surface area contributed by atoms with Gasteiger partial charge in [0.15, 0.2) is 0 Å².